The summed E-state index contributed by atoms with van der Waals surface area (Å²) in [6.07, 6.45) is -0.889. The Hall–Kier alpha value is -1.14. The van der Waals surface area contributed by atoms with Crippen molar-refractivity contribution in [2.24, 2.45) is 0 Å². The zero-order chi connectivity index (χ0) is 12.2. The van der Waals surface area contributed by atoms with E-state index < -0.39 is 0 Å². The molecule has 2 aliphatic rings. The Morgan fingerprint density at radius 3 is 2.61 bits per heavy atom. The first-order chi connectivity index (χ1) is 8.93. The normalized spacial score (nSPS) is 26.3. The van der Waals surface area contributed by atoms with E-state index >= 15 is 0 Å². The smallest absolute Gasteiger partial charge is 0.198 e. The first kappa shape index (κ1) is 11.9. The maximum Gasteiger partial charge on any atom is 0.198 e. The van der Waals surface area contributed by atoms with Crippen LogP contribution in [0.25, 0.3) is 0 Å². The van der Waals surface area contributed by atoms with Crippen molar-refractivity contribution in [3.8, 4) is 5.75 Å². The van der Waals surface area contributed by atoms with E-state index in [2.05, 4.69) is 11.4 Å². The second-order valence-corrected chi connectivity index (χ2v) is 4.17. The number of nitrogens with one attached hydrogen (secondary N) is 1. The van der Waals surface area contributed by atoms with Gasteiger partial charge in [0.2, 0.25) is 0 Å². The van der Waals surface area contributed by atoms with Crippen LogP contribution in [0, 0.1) is 6.07 Å². The highest BCUT2D eigenvalue weighted by Gasteiger charge is 2.37. The minimum absolute atomic E-state index is 0.197. The van der Waals surface area contributed by atoms with Gasteiger partial charge in [-0.15, -0.1) is 0 Å². The molecule has 2 fully saturated rings. The highest BCUT2D eigenvalue weighted by atomic mass is 16.7. The Kier molecular flexibility index (Phi) is 3.75. The molecule has 0 amide bonds. The molecule has 18 heavy (non-hydrogen) atoms. The lowest BCUT2D eigenvalue weighted by atomic mass is 10.3. The predicted octanol–water partition coefficient (Wildman–Crippen LogP) is 0.553. The topological polar surface area (TPSA) is 49.0 Å². The monoisotopic (exact) mass is 250 g/mol. The molecule has 2 aliphatic heterocycles. The molecule has 0 saturated carbocycles. The van der Waals surface area contributed by atoms with Crippen LogP contribution >= 0.6 is 0 Å². The summed E-state index contributed by atoms with van der Waals surface area (Å²) >= 11 is 0. The van der Waals surface area contributed by atoms with Crippen molar-refractivity contribution in [1.82, 2.24) is 5.32 Å². The molecule has 1 aromatic carbocycles. The molecular formula is C13H16NO4. The third-order valence-electron chi connectivity index (χ3n) is 2.92. The van der Waals surface area contributed by atoms with Crippen LogP contribution in [0.3, 0.4) is 0 Å². The molecular weight excluding hydrogens is 234 g/mol. The van der Waals surface area contributed by atoms with Gasteiger partial charge in [0.25, 0.3) is 0 Å². The van der Waals surface area contributed by atoms with E-state index in [-0.39, 0.29) is 18.6 Å². The van der Waals surface area contributed by atoms with Gasteiger partial charge in [0, 0.05) is 6.54 Å². The van der Waals surface area contributed by atoms with Crippen molar-refractivity contribution in [3.05, 3.63) is 30.3 Å². The molecule has 0 spiro atoms. The maximum absolute atomic E-state index is 5.92. The van der Waals surface area contributed by atoms with Gasteiger partial charge in [0.15, 0.2) is 18.6 Å². The van der Waals surface area contributed by atoms with Crippen LogP contribution in [0.4, 0.5) is 0 Å². The summed E-state index contributed by atoms with van der Waals surface area (Å²) in [7, 11) is 0. The number of hydrogen-bond acceptors (Lipinski definition) is 5. The predicted molar refractivity (Wildman–Crippen MR) is 63.1 cm³/mol. The molecule has 5 nitrogen and oxygen atoms in total. The third-order valence-corrected chi connectivity index (χ3v) is 2.92. The van der Waals surface area contributed by atoms with Gasteiger partial charge in [-0.2, -0.15) is 0 Å². The van der Waals surface area contributed by atoms with E-state index in [9.17, 15) is 0 Å². The molecule has 0 aromatic heterocycles. The van der Waals surface area contributed by atoms with E-state index in [0.29, 0.717) is 19.8 Å². The SMILES string of the molecule is [c]1ccc(OC(C2NCCO2)C2OCCO2)cc1. The average Bonchev–Trinajstić information content (AvgIpc) is 3.11. The highest BCUT2D eigenvalue weighted by molar-refractivity contribution is 5.21. The summed E-state index contributed by atoms with van der Waals surface area (Å²) < 4.78 is 22.6. The average molecular weight is 250 g/mol. The lowest BCUT2D eigenvalue weighted by molar-refractivity contribution is -0.151. The largest absolute Gasteiger partial charge is 0.481 e. The number of ether oxygens (including phenoxy) is 4. The Balaban J connectivity index is 1.72. The summed E-state index contributed by atoms with van der Waals surface area (Å²) in [5, 5.41) is 3.24. The molecule has 1 radical (unpaired) electrons. The molecule has 0 bridgehead atoms. The fourth-order valence-corrected chi connectivity index (χ4v) is 2.09. The second kappa shape index (κ2) is 5.67. The van der Waals surface area contributed by atoms with E-state index in [1.807, 2.05) is 24.3 Å². The van der Waals surface area contributed by atoms with Gasteiger partial charge >= 0.3 is 0 Å². The van der Waals surface area contributed by atoms with Gasteiger partial charge in [0.05, 0.1) is 19.8 Å². The van der Waals surface area contributed by atoms with Crippen molar-refractivity contribution in [2.45, 2.75) is 18.6 Å². The molecule has 1 aromatic rings. The summed E-state index contributed by atoms with van der Waals surface area (Å²) in [5.41, 5.74) is 0. The van der Waals surface area contributed by atoms with Crippen LogP contribution in [0.15, 0.2) is 24.3 Å². The molecule has 1 N–H and O–H groups in total. The molecule has 2 unspecified atom stereocenters. The van der Waals surface area contributed by atoms with Crippen LogP contribution in [0.2, 0.25) is 0 Å². The molecule has 2 heterocycles. The molecule has 2 saturated heterocycles. The number of hydrogen-bond donors (Lipinski definition) is 1. The van der Waals surface area contributed by atoms with Gasteiger partial charge in [-0.3, -0.25) is 5.32 Å². The van der Waals surface area contributed by atoms with E-state index in [1.54, 1.807) is 0 Å². The molecule has 0 aliphatic carbocycles. The molecule has 97 valence electrons. The first-order valence-corrected chi connectivity index (χ1v) is 6.14. The minimum Gasteiger partial charge on any atom is -0.481 e. The third kappa shape index (κ3) is 2.64. The van der Waals surface area contributed by atoms with Crippen molar-refractivity contribution in [1.29, 1.82) is 0 Å². The molecule has 3 rings (SSSR count). The summed E-state index contributed by atoms with van der Waals surface area (Å²) in [4.78, 5) is 0. The quantitative estimate of drug-likeness (QED) is 0.846. The lowest BCUT2D eigenvalue weighted by Crippen LogP contribution is -2.48. The Morgan fingerprint density at radius 1 is 1.17 bits per heavy atom. The number of benzene rings is 1. The van der Waals surface area contributed by atoms with Gasteiger partial charge < -0.3 is 18.9 Å². The van der Waals surface area contributed by atoms with Gasteiger partial charge in [-0.1, -0.05) is 12.1 Å². The van der Waals surface area contributed by atoms with Gasteiger partial charge in [0.1, 0.15) is 5.75 Å². The Labute approximate surface area is 106 Å². The fourth-order valence-electron chi connectivity index (χ4n) is 2.09. The zero-order valence-corrected chi connectivity index (χ0v) is 10.0. The van der Waals surface area contributed by atoms with Gasteiger partial charge in [-0.05, 0) is 18.2 Å². The standard InChI is InChI=1S/C13H16NO4/c1-2-4-10(5-3-1)18-11(12-14-6-7-15-12)13-16-8-9-17-13/h2-5,11-14H,6-9H2. The summed E-state index contributed by atoms with van der Waals surface area (Å²) in [6.45, 7) is 2.69. The summed E-state index contributed by atoms with van der Waals surface area (Å²) in [6, 6.07) is 10.3. The highest BCUT2D eigenvalue weighted by Crippen LogP contribution is 2.21. The number of rotatable bonds is 4. The van der Waals surface area contributed by atoms with Crippen molar-refractivity contribution in [2.75, 3.05) is 26.4 Å². The van der Waals surface area contributed by atoms with Crippen molar-refractivity contribution < 1.29 is 18.9 Å². The maximum atomic E-state index is 5.92. The van der Waals surface area contributed by atoms with Crippen LogP contribution in [-0.4, -0.2) is 45.0 Å². The first-order valence-electron chi connectivity index (χ1n) is 6.14. The van der Waals surface area contributed by atoms with E-state index in [4.69, 9.17) is 18.9 Å². The van der Waals surface area contributed by atoms with Crippen molar-refractivity contribution >= 4 is 0 Å². The Morgan fingerprint density at radius 2 is 1.94 bits per heavy atom. The van der Waals surface area contributed by atoms with Gasteiger partial charge in [-0.25, -0.2) is 0 Å². The lowest BCUT2D eigenvalue weighted by Gasteiger charge is -2.27. The zero-order valence-electron chi connectivity index (χ0n) is 10.0. The van der Waals surface area contributed by atoms with Crippen molar-refractivity contribution in [3.63, 3.8) is 0 Å². The Bertz CT molecular complexity index is 345. The van der Waals surface area contributed by atoms with E-state index in [1.165, 1.54) is 0 Å². The van der Waals surface area contributed by atoms with Crippen LogP contribution < -0.4 is 10.1 Å². The van der Waals surface area contributed by atoms with Crippen LogP contribution in [0.5, 0.6) is 5.75 Å². The molecule has 2 atom stereocenters. The second-order valence-electron chi connectivity index (χ2n) is 4.17. The van der Waals surface area contributed by atoms with Crippen LogP contribution in [-0.2, 0) is 14.2 Å². The fraction of sp³-hybridized carbons (Fsp3) is 0.538. The van der Waals surface area contributed by atoms with E-state index in [0.717, 1.165) is 12.3 Å². The summed E-state index contributed by atoms with van der Waals surface area (Å²) in [5.74, 6) is 0.759. The van der Waals surface area contributed by atoms with Crippen LogP contribution in [0.1, 0.15) is 0 Å². The minimum atomic E-state index is -0.384. The molecule has 5 heteroatoms.